The van der Waals surface area contributed by atoms with Crippen LogP contribution in [-0.4, -0.2) is 30.2 Å². The number of hydrogen-bond donors (Lipinski definition) is 2. The fraction of sp³-hybridized carbons (Fsp3) is 0.250. The van der Waals surface area contributed by atoms with Gasteiger partial charge in [0.15, 0.2) is 5.11 Å². The van der Waals surface area contributed by atoms with Gasteiger partial charge in [0.05, 0.1) is 30.4 Å². The third kappa shape index (κ3) is 4.46. The molecule has 1 aromatic heterocycles. The highest BCUT2D eigenvalue weighted by molar-refractivity contribution is 7.80. The molecule has 0 aliphatic rings. The zero-order valence-corrected chi connectivity index (χ0v) is 16.0. The van der Waals surface area contributed by atoms with Crippen LogP contribution in [0.2, 0.25) is 0 Å². The van der Waals surface area contributed by atoms with Crippen LogP contribution in [0.3, 0.4) is 0 Å². The summed E-state index contributed by atoms with van der Waals surface area (Å²) in [7, 11) is 2.75. The third-order valence-electron chi connectivity index (χ3n) is 3.41. The molecule has 26 heavy (non-hydrogen) atoms. The lowest BCUT2D eigenvalue weighted by molar-refractivity contribution is -0.384. The maximum Gasteiger partial charge on any atom is 0.340 e. The quantitative estimate of drug-likeness (QED) is 0.329. The van der Waals surface area contributed by atoms with Gasteiger partial charge in [-0.15, -0.1) is 11.3 Å². The Hall–Kier alpha value is -2.72. The van der Waals surface area contributed by atoms with Gasteiger partial charge in [0, 0.05) is 17.0 Å². The van der Waals surface area contributed by atoms with Crippen molar-refractivity contribution in [1.82, 2.24) is 0 Å². The molecule has 2 N–H and O–H groups in total. The van der Waals surface area contributed by atoms with Gasteiger partial charge in [0.1, 0.15) is 10.8 Å². The number of thiocarbonyl (C=S) groups is 1. The van der Waals surface area contributed by atoms with Crippen LogP contribution in [0.1, 0.15) is 22.2 Å². The smallest absolute Gasteiger partial charge is 0.340 e. The standard InChI is InChI=1S/C16H17N3O5S2/c1-4-10-8-11(15(20)24-3)14(26-10)18-16(25)17-12-7-9(19(21)22)5-6-13(12)23-2/h5-8H,4H2,1-3H3,(H2,17,18,25). The van der Waals surface area contributed by atoms with Gasteiger partial charge < -0.3 is 20.1 Å². The van der Waals surface area contributed by atoms with Crippen molar-refractivity contribution in [2.75, 3.05) is 24.9 Å². The zero-order valence-electron chi connectivity index (χ0n) is 14.3. The normalized spacial score (nSPS) is 10.1. The number of aryl methyl sites for hydroxylation is 1. The average Bonchev–Trinajstić information content (AvgIpc) is 3.03. The highest BCUT2D eigenvalue weighted by Crippen LogP contribution is 2.31. The van der Waals surface area contributed by atoms with E-state index in [1.54, 1.807) is 6.07 Å². The number of carbonyl (C=O) groups is 1. The molecule has 0 spiro atoms. The summed E-state index contributed by atoms with van der Waals surface area (Å²) < 4.78 is 9.97. The van der Waals surface area contributed by atoms with Gasteiger partial charge in [-0.3, -0.25) is 10.1 Å². The van der Waals surface area contributed by atoms with Crippen molar-refractivity contribution in [2.45, 2.75) is 13.3 Å². The number of carbonyl (C=O) groups excluding carboxylic acids is 1. The molecule has 0 aliphatic heterocycles. The summed E-state index contributed by atoms with van der Waals surface area (Å²) in [4.78, 5) is 23.3. The first-order valence-electron chi connectivity index (χ1n) is 7.51. The number of hydrogen-bond acceptors (Lipinski definition) is 7. The van der Waals surface area contributed by atoms with Gasteiger partial charge in [0.25, 0.3) is 5.69 Å². The van der Waals surface area contributed by atoms with Gasteiger partial charge in [-0.25, -0.2) is 4.79 Å². The Kier molecular flexibility index (Phi) is 6.47. The summed E-state index contributed by atoms with van der Waals surface area (Å²) in [5.41, 5.74) is 0.617. The second-order valence-corrected chi connectivity index (χ2v) is 6.57. The Morgan fingerprint density at radius 1 is 1.31 bits per heavy atom. The molecule has 1 heterocycles. The summed E-state index contributed by atoms with van der Waals surface area (Å²) >= 11 is 6.65. The molecule has 0 unspecified atom stereocenters. The molecule has 8 nitrogen and oxygen atoms in total. The summed E-state index contributed by atoms with van der Waals surface area (Å²) in [6.07, 6.45) is 0.759. The molecule has 0 saturated heterocycles. The van der Waals surface area contributed by atoms with Crippen molar-refractivity contribution in [2.24, 2.45) is 0 Å². The molecule has 0 aliphatic carbocycles. The van der Waals surface area contributed by atoms with E-state index in [2.05, 4.69) is 10.6 Å². The average molecular weight is 395 g/mol. The van der Waals surface area contributed by atoms with Gasteiger partial charge in [-0.1, -0.05) is 6.92 Å². The summed E-state index contributed by atoms with van der Waals surface area (Å²) in [5, 5.41) is 17.5. The van der Waals surface area contributed by atoms with E-state index in [0.717, 1.165) is 11.3 Å². The lowest BCUT2D eigenvalue weighted by Gasteiger charge is -2.13. The van der Waals surface area contributed by atoms with Crippen molar-refractivity contribution >= 4 is 51.0 Å². The van der Waals surface area contributed by atoms with E-state index in [1.165, 1.54) is 43.8 Å². The predicted octanol–water partition coefficient (Wildman–Crippen LogP) is 3.82. The van der Waals surface area contributed by atoms with Gasteiger partial charge in [-0.2, -0.15) is 0 Å². The molecule has 2 rings (SSSR count). The second kappa shape index (κ2) is 8.59. The summed E-state index contributed by atoms with van der Waals surface area (Å²) in [6.45, 7) is 1.97. The number of ether oxygens (including phenoxy) is 2. The van der Waals surface area contributed by atoms with Crippen molar-refractivity contribution in [3.05, 3.63) is 44.8 Å². The Morgan fingerprint density at radius 2 is 2.04 bits per heavy atom. The van der Waals surface area contributed by atoms with E-state index in [9.17, 15) is 14.9 Å². The highest BCUT2D eigenvalue weighted by atomic mass is 32.1. The number of methoxy groups -OCH3 is 2. The zero-order chi connectivity index (χ0) is 19.3. The first-order valence-corrected chi connectivity index (χ1v) is 8.73. The molecule has 0 radical (unpaired) electrons. The highest BCUT2D eigenvalue weighted by Gasteiger charge is 2.18. The topological polar surface area (TPSA) is 103 Å². The van der Waals surface area contributed by atoms with E-state index in [0.29, 0.717) is 22.0 Å². The van der Waals surface area contributed by atoms with Crippen LogP contribution in [0.4, 0.5) is 16.4 Å². The number of benzene rings is 1. The second-order valence-electron chi connectivity index (χ2n) is 5.02. The number of nitro groups is 1. The van der Waals surface area contributed by atoms with E-state index in [1.807, 2.05) is 6.92 Å². The molecule has 0 fully saturated rings. The number of non-ortho nitro benzene ring substituents is 1. The molecular formula is C16H17N3O5S2. The monoisotopic (exact) mass is 395 g/mol. The molecule has 0 atom stereocenters. The van der Waals surface area contributed by atoms with Crippen molar-refractivity contribution < 1.29 is 19.2 Å². The SMILES string of the molecule is CCc1cc(C(=O)OC)c(NC(=S)Nc2cc([N+](=O)[O-])ccc2OC)s1. The summed E-state index contributed by atoms with van der Waals surface area (Å²) in [5.74, 6) is -0.0763. The van der Waals surface area contributed by atoms with Gasteiger partial charge in [0.2, 0.25) is 0 Å². The van der Waals surface area contributed by atoms with Crippen LogP contribution < -0.4 is 15.4 Å². The molecule has 1 aromatic carbocycles. The number of nitrogens with zero attached hydrogens (tertiary/aromatic N) is 1. The number of rotatable bonds is 6. The molecular weight excluding hydrogens is 378 g/mol. The third-order valence-corrected chi connectivity index (χ3v) is 4.80. The first-order chi connectivity index (χ1) is 12.4. The number of nitro benzene ring substituents is 1. The predicted molar refractivity (Wildman–Crippen MR) is 105 cm³/mol. The fourth-order valence-electron chi connectivity index (χ4n) is 2.13. The van der Waals surface area contributed by atoms with E-state index < -0.39 is 10.9 Å². The van der Waals surface area contributed by atoms with Gasteiger partial charge in [-0.05, 0) is 30.8 Å². The first kappa shape index (κ1) is 19.6. The van der Waals surface area contributed by atoms with Gasteiger partial charge >= 0.3 is 5.97 Å². The lowest BCUT2D eigenvalue weighted by atomic mass is 10.2. The minimum absolute atomic E-state index is 0.101. The Morgan fingerprint density at radius 3 is 2.62 bits per heavy atom. The van der Waals surface area contributed by atoms with Crippen molar-refractivity contribution in [1.29, 1.82) is 0 Å². The molecule has 0 saturated carbocycles. The molecule has 2 aromatic rings. The fourth-order valence-corrected chi connectivity index (χ4v) is 3.40. The van der Waals surface area contributed by atoms with E-state index in [4.69, 9.17) is 21.7 Å². The molecule has 138 valence electrons. The number of anilines is 2. The Labute approximate surface area is 159 Å². The largest absolute Gasteiger partial charge is 0.495 e. The minimum atomic E-state index is -0.511. The van der Waals surface area contributed by atoms with E-state index >= 15 is 0 Å². The van der Waals surface area contributed by atoms with Crippen LogP contribution in [0.25, 0.3) is 0 Å². The number of esters is 1. The Bertz CT molecular complexity index is 850. The van der Waals surface area contributed by atoms with Crippen LogP contribution in [0.15, 0.2) is 24.3 Å². The van der Waals surface area contributed by atoms with Crippen LogP contribution in [0, 0.1) is 10.1 Å². The molecule has 0 amide bonds. The van der Waals surface area contributed by atoms with Crippen LogP contribution in [0.5, 0.6) is 5.75 Å². The molecule has 0 bridgehead atoms. The van der Waals surface area contributed by atoms with E-state index in [-0.39, 0.29) is 10.8 Å². The van der Waals surface area contributed by atoms with Crippen LogP contribution in [-0.2, 0) is 11.2 Å². The lowest BCUT2D eigenvalue weighted by Crippen LogP contribution is -2.20. The molecule has 10 heteroatoms. The maximum absolute atomic E-state index is 11.9. The summed E-state index contributed by atoms with van der Waals surface area (Å²) in [6, 6.07) is 5.88. The maximum atomic E-state index is 11.9. The van der Waals surface area contributed by atoms with Crippen molar-refractivity contribution in [3.63, 3.8) is 0 Å². The number of thiophene rings is 1. The van der Waals surface area contributed by atoms with Crippen molar-refractivity contribution in [3.8, 4) is 5.75 Å². The minimum Gasteiger partial charge on any atom is -0.495 e. The Balaban J connectivity index is 2.24. The van der Waals surface area contributed by atoms with Crippen LogP contribution >= 0.6 is 23.6 Å². The number of nitrogens with one attached hydrogen (secondary N) is 2.